The Morgan fingerprint density at radius 1 is 0.547 bits per heavy atom. The summed E-state index contributed by atoms with van der Waals surface area (Å²) in [7, 11) is 0. The number of carbonyl (C=O) groups is 2. The monoisotopic (exact) mass is 1050 g/mol. The zero-order chi connectivity index (χ0) is 54.7. The topological polar surface area (TPSA) is 175 Å². The number of allylic oxidation sites excluding steroid dienone is 17. The van der Waals surface area contributed by atoms with Crippen molar-refractivity contribution in [2.45, 2.75) is 269 Å². The smallest absolute Gasteiger partial charge is 0.306 e. The van der Waals surface area contributed by atoms with Gasteiger partial charge in [0.1, 0.15) is 24.4 Å². The van der Waals surface area contributed by atoms with Crippen LogP contribution in [-0.4, -0.2) is 99.6 Å². The van der Waals surface area contributed by atoms with E-state index < -0.39 is 67.4 Å². The summed E-state index contributed by atoms with van der Waals surface area (Å²) in [6, 6.07) is -1.04. The normalized spacial score (nSPS) is 20.0. The average molecular weight is 1050 g/mol. The zero-order valence-electron chi connectivity index (χ0n) is 47.1. The Kier molecular flexibility index (Phi) is 47.2. The number of amides is 1. The summed E-state index contributed by atoms with van der Waals surface area (Å²) >= 11 is 0. The van der Waals surface area contributed by atoms with E-state index in [1.165, 1.54) is 89.9 Å². The highest BCUT2D eigenvalue weighted by molar-refractivity contribution is 5.80. The van der Waals surface area contributed by atoms with Gasteiger partial charge in [-0.3, -0.25) is 9.59 Å². The number of nitrogens with one attached hydrogen (secondary N) is 1. The molecule has 1 fully saturated rings. The van der Waals surface area contributed by atoms with Crippen LogP contribution in [0.2, 0.25) is 0 Å². The number of carbonyl (C=O) groups excluding carboxylic acids is 2. The fraction of sp³-hybridized carbons (Fsp3) is 0.688. The van der Waals surface area contributed by atoms with Crippen molar-refractivity contribution >= 4 is 11.9 Å². The lowest BCUT2D eigenvalue weighted by atomic mass is 9.99. The van der Waals surface area contributed by atoms with E-state index >= 15 is 0 Å². The summed E-state index contributed by atoms with van der Waals surface area (Å²) in [4.78, 5) is 26.5. The highest BCUT2D eigenvalue weighted by Gasteiger charge is 2.47. The molecular weight excluding hydrogens is 943 g/mol. The van der Waals surface area contributed by atoms with Crippen LogP contribution in [-0.2, 0) is 23.8 Å². The minimum Gasteiger partial charge on any atom is -0.454 e. The lowest BCUT2D eigenvalue weighted by Crippen LogP contribution is -2.61. The Hall–Kier alpha value is -3.68. The van der Waals surface area contributed by atoms with Crippen molar-refractivity contribution in [3.63, 3.8) is 0 Å². The van der Waals surface area contributed by atoms with Crippen LogP contribution in [0, 0.1) is 0 Å². The Bertz CT molecular complexity index is 1630. The first kappa shape index (κ1) is 69.3. The molecule has 1 saturated heterocycles. The quantitative estimate of drug-likeness (QED) is 0.0149. The van der Waals surface area contributed by atoms with Crippen molar-refractivity contribution in [3.05, 3.63) is 109 Å². The molecule has 0 aliphatic carbocycles. The van der Waals surface area contributed by atoms with Crippen molar-refractivity contribution in [1.29, 1.82) is 0 Å². The Labute approximate surface area is 456 Å². The van der Waals surface area contributed by atoms with E-state index in [1.807, 2.05) is 66.8 Å². The molecule has 8 atom stereocenters. The van der Waals surface area contributed by atoms with Crippen LogP contribution in [0.15, 0.2) is 109 Å². The molecule has 8 unspecified atom stereocenters. The second-order valence-corrected chi connectivity index (χ2v) is 20.1. The number of rotatable bonds is 48. The molecule has 6 N–H and O–H groups in total. The number of hydrogen-bond acceptors (Lipinski definition) is 10. The largest absolute Gasteiger partial charge is 0.454 e. The number of aliphatic hydroxyl groups excluding tert-OH is 5. The van der Waals surface area contributed by atoms with Gasteiger partial charge in [0.05, 0.1) is 25.4 Å². The Morgan fingerprint density at radius 3 is 1.57 bits per heavy atom. The zero-order valence-corrected chi connectivity index (χ0v) is 47.1. The Morgan fingerprint density at radius 2 is 1.01 bits per heavy atom. The lowest BCUT2D eigenvalue weighted by molar-refractivity contribution is -0.305. The Balaban J connectivity index is 2.73. The number of esters is 1. The standard InChI is InChI=1S/C64H107NO10/c1-4-7-10-13-16-19-22-24-26-28-30-31-33-36-39-42-45-48-51-57(68)63(72)65-55(56(67)50-47-44-41-38-35-21-18-15-12-9-6-3)54-73-64-62(61(71)60(70)58(53-66)74-64)75-59(69)52-49-46-43-40-37-34-32-29-27-25-23-20-17-14-11-8-5-2/h8,11,14,16-17,19-20,23-27,29,32,34,37,47,50,55-58,60-62,64,66-68,70-71H,4-7,9-10,12-13,15,18,21-22,28,30-31,33,35-36,38-46,48-49,51-54H2,1-3H3,(H,65,72)/b11-8-,17-14+,19-16-,23-20+,26-24-,27-25-,32-29+,37-34+,50-47+. The van der Waals surface area contributed by atoms with Gasteiger partial charge in [0.2, 0.25) is 5.91 Å². The van der Waals surface area contributed by atoms with Gasteiger partial charge in [0.25, 0.3) is 0 Å². The summed E-state index contributed by atoms with van der Waals surface area (Å²) in [6.07, 6.45) is 58.3. The minimum atomic E-state index is -1.64. The van der Waals surface area contributed by atoms with Crippen LogP contribution in [0.1, 0.15) is 220 Å². The molecule has 0 aromatic rings. The van der Waals surface area contributed by atoms with E-state index in [-0.39, 0.29) is 19.4 Å². The van der Waals surface area contributed by atoms with Gasteiger partial charge in [-0.1, -0.05) is 246 Å². The molecule has 1 rings (SSSR count). The fourth-order valence-electron chi connectivity index (χ4n) is 8.59. The number of unbranched alkanes of at least 4 members (excludes halogenated alkanes) is 23. The molecule has 75 heavy (non-hydrogen) atoms. The van der Waals surface area contributed by atoms with Crippen molar-refractivity contribution in [3.8, 4) is 0 Å². The third-order valence-electron chi connectivity index (χ3n) is 13.3. The molecule has 11 heteroatoms. The third kappa shape index (κ3) is 39.4. The molecule has 0 bridgehead atoms. The van der Waals surface area contributed by atoms with Gasteiger partial charge in [-0.2, -0.15) is 0 Å². The second kappa shape index (κ2) is 51.1. The first-order valence-corrected chi connectivity index (χ1v) is 29.7. The molecule has 0 radical (unpaired) electrons. The van der Waals surface area contributed by atoms with Crippen molar-refractivity contribution in [2.24, 2.45) is 0 Å². The third-order valence-corrected chi connectivity index (χ3v) is 13.3. The molecule has 1 aliphatic rings. The first-order valence-electron chi connectivity index (χ1n) is 29.7. The van der Waals surface area contributed by atoms with E-state index in [2.05, 4.69) is 62.5 Å². The summed E-state index contributed by atoms with van der Waals surface area (Å²) in [5, 5.41) is 56.9. The highest BCUT2D eigenvalue weighted by Crippen LogP contribution is 2.26. The van der Waals surface area contributed by atoms with Gasteiger partial charge in [-0.25, -0.2) is 0 Å². The molecule has 0 spiro atoms. The van der Waals surface area contributed by atoms with Gasteiger partial charge < -0.3 is 45.1 Å². The molecule has 1 amide bonds. The predicted molar refractivity (Wildman–Crippen MR) is 310 cm³/mol. The van der Waals surface area contributed by atoms with E-state index in [4.69, 9.17) is 14.2 Å². The molecule has 1 aliphatic heterocycles. The van der Waals surface area contributed by atoms with Gasteiger partial charge >= 0.3 is 5.97 Å². The molecular formula is C64H107NO10. The SMILES string of the molecule is CC\C=C/C=C/C=C/C=C\C=C\C=C\CCCCCC(=O)OC1C(OCC(NC(=O)C(O)CCCCCCCCCC/C=C\C/C=C\CCCCC)C(O)/C=C/CCCCCCCCCCC)OC(CO)C(O)C1O. The van der Waals surface area contributed by atoms with Crippen molar-refractivity contribution in [2.75, 3.05) is 13.2 Å². The van der Waals surface area contributed by atoms with Crippen molar-refractivity contribution < 1.29 is 49.3 Å². The van der Waals surface area contributed by atoms with Gasteiger partial charge in [-0.05, 0) is 77.0 Å². The van der Waals surface area contributed by atoms with Crippen LogP contribution < -0.4 is 5.32 Å². The van der Waals surface area contributed by atoms with Crippen molar-refractivity contribution in [1.82, 2.24) is 5.32 Å². The van der Waals surface area contributed by atoms with E-state index in [0.29, 0.717) is 12.8 Å². The van der Waals surface area contributed by atoms with Crippen LogP contribution in [0.5, 0.6) is 0 Å². The fourth-order valence-corrected chi connectivity index (χ4v) is 8.59. The van der Waals surface area contributed by atoms with Crippen LogP contribution in [0.4, 0.5) is 0 Å². The van der Waals surface area contributed by atoms with E-state index in [1.54, 1.807) is 6.08 Å². The van der Waals surface area contributed by atoms with Crippen LogP contribution in [0.3, 0.4) is 0 Å². The van der Waals surface area contributed by atoms with E-state index in [0.717, 1.165) is 83.5 Å². The molecule has 1 heterocycles. The van der Waals surface area contributed by atoms with Gasteiger partial charge in [-0.15, -0.1) is 0 Å². The number of aliphatic hydroxyl groups is 5. The second-order valence-electron chi connectivity index (χ2n) is 20.1. The minimum absolute atomic E-state index is 0.0659. The lowest BCUT2D eigenvalue weighted by Gasteiger charge is -2.41. The average Bonchev–Trinajstić information content (AvgIpc) is 3.41. The maximum atomic E-state index is 13.4. The summed E-state index contributed by atoms with van der Waals surface area (Å²) in [6.45, 7) is 5.57. The van der Waals surface area contributed by atoms with Crippen LogP contribution >= 0.6 is 0 Å². The number of ether oxygens (including phenoxy) is 3. The maximum Gasteiger partial charge on any atom is 0.306 e. The molecule has 0 saturated carbocycles. The van der Waals surface area contributed by atoms with Gasteiger partial charge in [0, 0.05) is 6.42 Å². The first-order chi connectivity index (χ1) is 36.7. The molecule has 0 aromatic heterocycles. The molecule has 11 nitrogen and oxygen atoms in total. The maximum absolute atomic E-state index is 13.4. The summed E-state index contributed by atoms with van der Waals surface area (Å²) < 4.78 is 17.5. The summed E-state index contributed by atoms with van der Waals surface area (Å²) in [5.41, 5.74) is 0. The molecule has 0 aromatic carbocycles. The number of hydrogen-bond donors (Lipinski definition) is 6. The highest BCUT2D eigenvalue weighted by atomic mass is 16.7. The van der Waals surface area contributed by atoms with Crippen LogP contribution in [0.25, 0.3) is 0 Å². The van der Waals surface area contributed by atoms with E-state index in [9.17, 15) is 35.1 Å². The predicted octanol–water partition coefficient (Wildman–Crippen LogP) is 13.7. The van der Waals surface area contributed by atoms with Gasteiger partial charge in [0.15, 0.2) is 12.4 Å². The molecule has 428 valence electrons. The summed E-state index contributed by atoms with van der Waals surface area (Å²) in [5.74, 6) is -1.25.